The highest BCUT2D eigenvalue weighted by atomic mass is 16.5. The number of carboxylic acids is 1. The highest BCUT2D eigenvalue weighted by molar-refractivity contribution is 5.66. The maximum absolute atomic E-state index is 10.3. The molecule has 2 N–H and O–H groups in total. The van der Waals surface area contributed by atoms with Crippen molar-refractivity contribution in [3.8, 4) is 5.75 Å². The molecule has 0 aromatic heterocycles. The Morgan fingerprint density at radius 3 is 2.79 bits per heavy atom. The number of unbranched alkanes of at least 4 members (excludes halogenated alkanes) is 1. The molecule has 0 spiro atoms. The minimum atomic E-state index is -0.718. The molecule has 19 heavy (non-hydrogen) atoms. The van der Waals surface area contributed by atoms with Crippen LogP contribution in [0.15, 0.2) is 18.2 Å². The summed E-state index contributed by atoms with van der Waals surface area (Å²) in [7, 11) is 1.69. The lowest BCUT2D eigenvalue weighted by molar-refractivity contribution is -0.137. The second kappa shape index (κ2) is 8.53. The first kappa shape index (κ1) is 15.5. The average molecular weight is 265 g/mol. The molecule has 0 amide bonds. The highest BCUT2D eigenvalue weighted by Gasteiger charge is 2.02. The number of aryl methyl sites for hydroxylation is 1. The number of nitrogens with one attached hydrogen (secondary N) is 1. The number of carboxylic acid groups (broad SMARTS) is 1. The van der Waals surface area contributed by atoms with Crippen LogP contribution in [0, 0.1) is 6.92 Å². The van der Waals surface area contributed by atoms with Crippen LogP contribution < -0.4 is 10.1 Å². The largest absolute Gasteiger partial charge is 0.496 e. The normalized spacial score (nSPS) is 10.4. The van der Waals surface area contributed by atoms with Gasteiger partial charge < -0.3 is 15.2 Å². The summed E-state index contributed by atoms with van der Waals surface area (Å²) in [6.07, 6.45) is 2.81. The highest BCUT2D eigenvalue weighted by Crippen LogP contribution is 2.19. The number of ether oxygens (including phenoxy) is 1. The van der Waals surface area contributed by atoms with E-state index in [2.05, 4.69) is 18.3 Å². The molecule has 0 fully saturated rings. The Balaban J connectivity index is 2.22. The van der Waals surface area contributed by atoms with E-state index in [1.807, 2.05) is 12.1 Å². The van der Waals surface area contributed by atoms with E-state index in [4.69, 9.17) is 9.84 Å². The van der Waals surface area contributed by atoms with E-state index in [9.17, 15) is 4.79 Å². The number of carbonyl (C=O) groups is 1. The first-order valence-electron chi connectivity index (χ1n) is 6.69. The molecule has 0 bridgehead atoms. The molecule has 1 aromatic rings. The SMILES string of the molecule is COc1ccc(C)cc1CCNCCCCC(=O)O. The van der Waals surface area contributed by atoms with Crippen LogP contribution in [0.3, 0.4) is 0 Å². The van der Waals surface area contributed by atoms with Crippen molar-refractivity contribution < 1.29 is 14.6 Å². The summed E-state index contributed by atoms with van der Waals surface area (Å²) in [6.45, 7) is 3.82. The lowest BCUT2D eigenvalue weighted by Crippen LogP contribution is -2.19. The second-order valence-corrected chi connectivity index (χ2v) is 4.67. The van der Waals surface area contributed by atoms with Crippen LogP contribution in [-0.2, 0) is 11.2 Å². The number of hydrogen-bond acceptors (Lipinski definition) is 3. The number of methoxy groups -OCH3 is 1. The van der Waals surface area contributed by atoms with Crippen molar-refractivity contribution in [1.29, 1.82) is 0 Å². The molecule has 0 unspecified atom stereocenters. The molecule has 4 heteroatoms. The molecule has 4 nitrogen and oxygen atoms in total. The first-order chi connectivity index (χ1) is 9.13. The van der Waals surface area contributed by atoms with Crippen molar-refractivity contribution in [2.75, 3.05) is 20.2 Å². The molecule has 1 rings (SSSR count). The maximum Gasteiger partial charge on any atom is 0.303 e. The van der Waals surface area contributed by atoms with Crippen LogP contribution in [0.5, 0.6) is 5.75 Å². The van der Waals surface area contributed by atoms with E-state index >= 15 is 0 Å². The van der Waals surface area contributed by atoms with E-state index in [1.54, 1.807) is 7.11 Å². The van der Waals surface area contributed by atoms with Crippen molar-refractivity contribution in [2.24, 2.45) is 0 Å². The summed E-state index contributed by atoms with van der Waals surface area (Å²) in [5.74, 6) is 0.211. The van der Waals surface area contributed by atoms with Gasteiger partial charge >= 0.3 is 5.97 Å². The number of benzene rings is 1. The Bertz CT molecular complexity index is 404. The molecule has 1 aromatic carbocycles. The van der Waals surface area contributed by atoms with Gasteiger partial charge in [-0.1, -0.05) is 17.7 Å². The zero-order valence-electron chi connectivity index (χ0n) is 11.7. The molecular formula is C15H23NO3. The summed E-state index contributed by atoms with van der Waals surface area (Å²) in [5, 5.41) is 11.8. The van der Waals surface area contributed by atoms with E-state index < -0.39 is 5.97 Å². The maximum atomic E-state index is 10.3. The monoisotopic (exact) mass is 265 g/mol. The lowest BCUT2D eigenvalue weighted by atomic mass is 10.1. The molecule has 0 saturated carbocycles. The van der Waals surface area contributed by atoms with E-state index in [0.717, 1.165) is 38.1 Å². The van der Waals surface area contributed by atoms with Crippen LogP contribution in [0.2, 0.25) is 0 Å². The van der Waals surface area contributed by atoms with E-state index in [1.165, 1.54) is 11.1 Å². The Labute approximate surface area is 114 Å². The van der Waals surface area contributed by atoms with Gasteiger partial charge in [0.2, 0.25) is 0 Å². The Morgan fingerprint density at radius 1 is 1.32 bits per heavy atom. The minimum absolute atomic E-state index is 0.257. The molecule has 0 saturated heterocycles. The summed E-state index contributed by atoms with van der Waals surface area (Å²) in [5.41, 5.74) is 2.44. The van der Waals surface area contributed by atoms with E-state index in [-0.39, 0.29) is 6.42 Å². The molecule has 0 heterocycles. The topological polar surface area (TPSA) is 58.6 Å². The third-order valence-electron chi connectivity index (χ3n) is 3.00. The zero-order chi connectivity index (χ0) is 14.1. The molecule has 0 radical (unpaired) electrons. The summed E-state index contributed by atoms with van der Waals surface area (Å²) in [4.78, 5) is 10.3. The zero-order valence-corrected chi connectivity index (χ0v) is 11.7. The average Bonchev–Trinajstić information content (AvgIpc) is 2.37. The molecule has 0 aliphatic carbocycles. The Kier molecular flexibility index (Phi) is 6.97. The fraction of sp³-hybridized carbons (Fsp3) is 0.533. The van der Waals surface area contributed by atoms with Gasteiger partial charge in [-0.3, -0.25) is 4.79 Å². The van der Waals surface area contributed by atoms with Gasteiger partial charge in [0.05, 0.1) is 7.11 Å². The van der Waals surface area contributed by atoms with Crippen LogP contribution in [0.25, 0.3) is 0 Å². The standard InChI is InChI=1S/C15H23NO3/c1-12-6-7-14(19-2)13(11-12)8-10-16-9-4-3-5-15(17)18/h6-7,11,16H,3-5,8-10H2,1-2H3,(H,17,18). The van der Waals surface area contributed by atoms with Gasteiger partial charge in [0, 0.05) is 6.42 Å². The first-order valence-corrected chi connectivity index (χ1v) is 6.69. The van der Waals surface area contributed by atoms with Crippen molar-refractivity contribution in [3.05, 3.63) is 29.3 Å². The van der Waals surface area contributed by atoms with Crippen molar-refractivity contribution in [3.63, 3.8) is 0 Å². The van der Waals surface area contributed by atoms with Crippen molar-refractivity contribution >= 4 is 5.97 Å². The molecular weight excluding hydrogens is 242 g/mol. The second-order valence-electron chi connectivity index (χ2n) is 4.67. The molecule has 0 aliphatic heterocycles. The third kappa shape index (κ3) is 6.25. The predicted molar refractivity (Wildman–Crippen MR) is 75.8 cm³/mol. The van der Waals surface area contributed by atoms with Crippen LogP contribution in [0.4, 0.5) is 0 Å². The molecule has 106 valence electrons. The van der Waals surface area contributed by atoms with Crippen LogP contribution in [0.1, 0.15) is 30.4 Å². The lowest BCUT2D eigenvalue weighted by Gasteiger charge is -2.10. The van der Waals surface area contributed by atoms with Crippen molar-refractivity contribution in [2.45, 2.75) is 32.6 Å². The number of aliphatic carboxylic acids is 1. The van der Waals surface area contributed by atoms with Gasteiger partial charge in [0.1, 0.15) is 5.75 Å². The van der Waals surface area contributed by atoms with Crippen molar-refractivity contribution in [1.82, 2.24) is 5.32 Å². The quantitative estimate of drug-likeness (QED) is 0.673. The molecule has 0 atom stereocenters. The Hall–Kier alpha value is -1.55. The number of hydrogen-bond donors (Lipinski definition) is 2. The fourth-order valence-electron chi connectivity index (χ4n) is 1.98. The van der Waals surface area contributed by atoms with Gasteiger partial charge in [-0.2, -0.15) is 0 Å². The third-order valence-corrected chi connectivity index (χ3v) is 3.00. The summed E-state index contributed by atoms with van der Waals surface area (Å²) in [6, 6.07) is 6.18. The predicted octanol–water partition coefficient (Wildman–Crippen LogP) is 2.39. The smallest absolute Gasteiger partial charge is 0.303 e. The van der Waals surface area contributed by atoms with Gasteiger partial charge in [-0.05, 0) is 50.9 Å². The van der Waals surface area contributed by atoms with E-state index in [0.29, 0.717) is 0 Å². The van der Waals surface area contributed by atoms with Crippen LogP contribution >= 0.6 is 0 Å². The number of rotatable bonds is 9. The van der Waals surface area contributed by atoms with Gasteiger partial charge in [0.25, 0.3) is 0 Å². The summed E-state index contributed by atoms with van der Waals surface area (Å²) < 4.78 is 5.33. The van der Waals surface area contributed by atoms with Crippen LogP contribution in [-0.4, -0.2) is 31.3 Å². The summed E-state index contributed by atoms with van der Waals surface area (Å²) >= 11 is 0. The van der Waals surface area contributed by atoms with Gasteiger partial charge in [-0.15, -0.1) is 0 Å². The van der Waals surface area contributed by atoms with Gasteiger partial charge in [-0.25, -0.2) is 0 Å². The fourth-order valence-corrected chi connectivity index (χ4v) is 1.98. The Morgan fingerprint density at radius 2 is 2.11 bits per heavy atom. The minimum Gasteiger partial charge on any atom is -0.496 e. The molecule has 0 aliphatic rings. The van der Waals surface area contributed by atoms with Gasteiger partial charge in [0.15, 0.2) is 0 Å².